The molecule has 1 atom stereocenters. The standard InChI is InChI=1S/C9H14N3O3P/c1-12-5-4-7(10)6-2-3-8(11-9(6)12)16(13,14)15/h2-3,7H,4-5,10H2,1H3,(H2,13,14,15). The van der Waals surface area contributed by atoms with Crippen molar-refractivity contribution in [3.63, 3.8) is 0 Å². The molecule has 6 nitrogen and oxygen atoms in total. The smallest absolute Gasteiger partial charge is 0.359 e. The summed E-state index contributed by atoms with van der Waals surface area (Å²) in [6, 6.07) is 2.89. The number of anilines is 1. The number of nitrogens with two attached hydrogens (primary N) is 1. The van der Waals surface area contributed by atoms with E-state index in [0.29, 0.717) is 5.82 Å². The zero-order chi connectivity index (χ0) is 11.9. The maximum Gasteiger partial charge on any atom is 0.374 e. The Labute approximate surface area is 93.3 Å². The highest BCUT2D eigenvalue weighted by molar-refractivity contribution is 7.60. The Bertz CT molecular complexity index is 459. The first-order chi connectivity index (χ1) is 7.39. The summed E-state index contributed by atoms with van der Waals surface area (Å²) >= 11 is 0. The minimum Gasteiger partial charge on any atom is -0.359 e. The van der Waals surface area contributed by atoms with Crippen molar-refractivity contribution in [3.8, 4) is 0 Å². The summed E-state index contributed by atoms with van der Waals surface area (Å²) in [5.41, 5.74) is 6.54. The molecule has 2 heterocycles. The van der Waals surface area contributed by atoms with E-state index in [0.717, 1.165) is 18.5 Å². The van der Waals surface area contributed by atoms with Crippen LogP contribution < -0.4 is 16.1 Å². The summed E-state index contributed by atoms with van der Waals surface area (Å²) in [5, 5.41) is 0. The van der Waals surface area contributed by atoms with Gasteiger partial charge in [-0.2, -0.15) is 0 Å². The molecule has 0 saturated carbocycles. The molecule has 0 saturated heterocycles. The topological polar surface area (TPSA) is 99.7 Å². The van der Waals surface area contributed by atoms with Gasteiger partial charge in [-0.05, 0) is 12.5 Å². The van der Waals surface area contributed by atoms with E-state index >= 15 is 0 Å². The van der Waals surface area contributed by atoms with Crippen molar-refractivity contribution >= 4 is 18.8 Å². The van der Waals surface area contributed by atoms with Crippen LogP contribution in [0.3, 0.4) is 0 Å². The summed E-state index contributed by atoms with van der Waals surface area (Å²) < 4.78 is 11.1. The van der Waals surface area contributed by atoms with E-state index in [1.165, 1.54) is 6.07 Å². The van der Waals surface area contributed by atoms with Crippen LogP contribution in [0.5, 0.6) is 0 Å². The molecule has 0 amide bonds. The molecule has 0 aliphatic carbocycles. The maximum atomic E-state index is 11.1. The van der Waals surface area contributed by atoms with Gasteiger partial charge in [0, 0.05) is 25.2 Å². The lowest BCUT2D eigenvalue weighted by molar-refractivity contribution is 0.386. The number of aromatic nitrogens is 1. The molecule has 0 spiro atoms. The zero-order valence-corrected chi connectivity index (χ0v) is 9.76. The van der Waals surface area contributed by atoms with E-state index in [1.54, 1.807) is 6.07 Å². The van der Waals surface area contributed by atoms with Crippen molar-refractivity contribution in [3.05, 3.63) is 17.7 Å². The van der Waals surface area contributed by atoms with Gasteiger partial charge in [-0.3, -0.25) is 4.57 Å². The molecule has 0 aromatic carbocycles. The van der Waals surface area contributed by atoms with Gasteiger partial charge in [0.05, 0.1) is 0 Å². The summed E-state index contributed by atoms with van der Waals surface area (Å²) in [4.78, 5) is 23.9. The summed E-state index contributed by atoms with van der Waals surface area (Å²) in [7, 11) is -2.45. The molecule has 7 heteroatoms. The third-order valence-corrected chi connectivity index (χ3v) is 3.57. The SMILES string of the molecule is CN1CCC(N)c2ccc(P(=O)(O)O)nc21. The number of rotatable bonds is 1. The first-order valence-electron chi connectivity index (χ1n) is 4.93. The van der Waals surface area contributed by atoms with Crippen molar-refractivity contribution < 1.29 is 14.4 Å². The van der Waals surface area contributed by atoms with E-state index in [9.17, 15) is 4.57 Å². The summed E-state index contributed by atoms with van der Waals surface area (Å²) in [6.07, 6.45) is 0.820. The number of pyridine rings is 1. The lowest BCUT2D eigenvalue weighted by Gasteiger charge is -2.30. The first kappa shape index (κ1) is 11.5. The normalized spacial score (nSPS) is 20.8. The van der Waals surface area contributed by atoms with Gasteiger partial charge in [-0.15, -0.1) is 0 Å². The van der Waals surface area contributed by atoms with Crippen molar-refractivity contribution in [1.82, 2.24) is 4.98 Å². The van der Waals surface area contributed by atoms with Gasteiger partial charge < -0.3 is 20.4 Å². The van der Waals surface area contributed by atoms with Gasteiger partial charge >= 0.3 is 7.60 Å². The van der Waals surface area contributed by atoms with Gasteiger partial charge in [0.15, 0.2) is 5.44 Å². The van der Waals surface area contributed by atoms with E-state index in [1.807, 2.05) is 11.9 Å². The fourth-order valence-electron chi connectivity index (χ4n) is 1.80. The van der Waals surface area contributed by atoms with Crippen molar-refractivity contribution in [2.75, 3.05) is 18.5 Å². The van der Waals surface area contributed by atoms with Crippen LogP contribution in [0, 0.1) is 0 Å². The highest BCUT2D eigenvalue weighted by Crippen LogP contribution is 2.35. The molecular weight excluding hydrogens is 229 g/mol. The fraction of sp³-hybridized carbons (Fsp3) is 0.444. The second-order valence-electron chi connectivity index (χ2n) is 3.94. The first-order valence-corrected chi connectivity index (χ1v) is 6.54. The molecule has 1 aromatic rings. The van der Waals surface area contributed by atoms with E-state index in [2.05, 4.69) is 4.98 Å². The van der Waals surface area contributed by atoms with Crippen LogP contribution >= 0.6 is 7.60 Å². The Balaban J connectivity index is 2.52. The third kappa shape index (κ3) is 1.97. The van der Waals surface area contributed by atoms with E-state index in [4.69, 9.17) is 15.5 Å². The van der Waals surface area contributed by atoms with E-state index < -0.39 is 7.60 Å². The molecule has 1 aromatic heterocycles. The van der Waals surface area contributed by atoms with Crippen LogP contribution in [0.25, 0.3) is 0 Å². The van der Waals surface area contributed by atoms with Crippen LogP contribution in [0.1, 0.15) is 18.0 Å². The third-order valence-electron chi connectivity index (χ3n) is 2.73. The molecule has 0 fully saturated rings. The molecule has 2 rings (SSSR count). The predicted molar refractivity (Wildman–Crippen MR) is 60.7 cm³/mol. The number of hydrogen-bond donors (Lipinski definition) is 3. The Morgan fingerprint density at radius 2 is 2.25 bits per heavy atom. The van der Waals surface area contributed by atoms with Crippen LogP contribution in [0.4, 0.5) is 5.82 Å². The Hall–Kier alpha value is -0.940. The largest absolute Gasteiger partial charge is 0.374 e. The second kappa shape index (κ2) is 3.82. The lowest BCUT2D eigenvalue weighted by atomic mass is 10.0. The molecule has 1 unspecified atom stereocenters. The van der Waals surface area contributed by atoms with Crippen molar-refractivity contribution in [1.29, 1.82) is 0 Å². The minimum absolute atomic E-state index is 0.107. The zero-order valence-electron chi connectivity index (χ0n) is 8.87. The number of hydrogen-bond acceptors (Lipinski definition) is 4. The Kier molecular flexibility index (Phi) is 2.75. The summed E-state index contributed by atoms with van der Waals surface area (Å²) in [6.45, 7) is 0.742. The fourth-order valence-corrected chi connectivity index (χ4v) is 2.29. The number of nitrogens with zero attached hydrogens (tertiary/aromatic N) is 2. The van der Waals surface area contributed by atoms with Crippen LogP contribution in [-0.2, 0) is 4.57 Å². The van der Waals surface area contributed by atoms with Crippen LogP contribution in [0.15, 0.2) is 12.1 Å². The average Bonchev–Trinajstić information content (AvgIpc) is 2.22. The van der Waals surface area contributed by atoms with Gasteiger partial charge in [0.25, 0.3) is 0 Å². The molecule has 1 aliphatic rings. The highest BCUT2D eigenvalue weighted by Gasteiger charge is 2.26. The molecule has 16 heavy (non-hydrogen) atoms. The molecule has 88 valence electrons. The van der Waals surface area contributed by atoms with Gasteiger partial charge in [0.2, 0.25) is 0 Å². The number of fused-ring (bicyclic) bond motifs is 1. The molecule has 0 radical (unpaired) electrons. The predicted octanol–water partition coefficient (Wildman–Crippen LogP) is -0.276. The monoisotopic (exact) mass is 243 g/mol. The maximum absolute atomic E-state index is 11.1. The van der Waals surface area contributed by atoms with Crippen molar-refractivity contribution in [2.45, 2.75) is 12.5 Å². The van der Waals surface area contributed by atoms with E-state index in [-0.39, 0.29) is 11.5 Å². The molecule has 0 bridgehead atoms. The molecule has 4 N–H and O–H groups in total. The lowest BCUT2D eigenvalue weighted by Crippen LogP contribution is -2.33. The quantitative estimate of drug-likeness (QED) is 0.587. The minimum atomic E-state index is -4.29. The van der Waals surface area contributed by atoms with Crippen LogP contribution in [0.2, 0.25) is 0 Å². The van der Waals surface area contributed by atoms with Gasteiger partial charge in [0.1, 0.15) is 5.82 Å². The molecule has 1 aliphatic heterocycles. The van der Waals surface area contributed by atoms with Crippen molar-refractivity contribution in [2.24, 2.45) is 5.73 Å². The average molecular weight is 243 g/mol. The Morgan fingerprint density at radius 1 is 1.56 bits per heavy atom. The Morgan fingerprint density at radius 3 is 2.88 bits per heavy atom. The van der Waals surface area contributed by atoms with Crippen LogP contribution in [-0.4, -0.2) is 28.4 Å². The molecular formula is C9H14N3O3P. The van der Waals surface area contributed by atoms with Gasteiger partial charge in [-0.25, -0.2) is 4.98 Å². The highest BCUT2D eigenvalue weighted by atomic mass is 31.2. The second-order valence-corrected chi connectivity index (χ2v) is 5.49. The summed E-state index contributed by atoms with van der Waals surface area (Å²) in [5.74, 6) is 0.569. The van der Waals surface area contributed by atoms with Gasteiger partial charge in [-0.1, -0.05) is 6.07 Å².